The topological polar surface area (TPSA) is 38.8 Å². The van der Waals surface area contributed by atoms with E-state index in [0.717, 1.165) is 5.56 Å². The standard InChI is InChI=1S/C17H19NO3/c1-18(12-13-8-5-4-6-9-13)17(19)14-10-7-11-15(20-2)16(14)21-3/h4-11H,12H2,1-3H3. The van der Waals surface area contributed by atoms with Crippen molar-refractivity contribution >= 4 is 5.91 Å². The molecule has 0 atom stereocenters. The number of para-hydroxylation sites is 1. The van der Waals surface area contributed by atoms with Crippen LogP contribution in [0, 0.1) is 0 Å². The monoisotopic (exact) mass is 285 g/mol. The van der Waals surface area contributed by atoms with Gasteiger partial charge in [-0.05, 0) is 17.7 Å². The summed E-state index contributed by atoms with van der Waals surface area (Å²) in [5.41, 5.74) is 1.57. The van der Waals surface area contributed by atoms with E-state index in [1.807, 2.05) is 30.3 Å². The number of ether oxygens (including phenoxy) is 2. The van der Waals surface area contributed by atoms with Gasteiger partial charge in [-0.2, -0.15) is 0 Å². The molecule has 2 rings (SSSR count). The van der Waals surface area contributed by atoms with Gasteiger partial charge in [0.1, 0.15) is 0 Å². The third kappa shape index (κ3) is 3.34. The van der Waals surface area contributed by atoms with Crippen LogP contribution in [0.1, 0.15) is 15.9 Å². The van der Waals surface area contributed by atoms with Crippen LogP contribution in [0.4, 0.5) is 0 Å². The van der Waals surface area contributed by atoms with E-state index in [4.69, 9.17) is 9.47 Å². The van der Waals surface area contributed by atoms with Gasteiger partial charge in [-0.3, -0.25) is 4.79 Å². The summed E-state index contributed by atoms with van der Waals surface area (Å²) in [6.07, 6.45) is 0. The van der Waals surface area contributed by atoms with Gasteiger partial charge in [0.05, 0.1) is 19.8 Å². The zero-order chi connectivity index (χ0) is 15.2. The molecule has 0 N–H and O–H groups in total. The molecule has 0 heterocycles. The molecular weight excluding hydrogens is 266 g/mol. The molecule has 0 aromatic heterocycles. The molecule has 2 aromatic rings. The summed E-state index contributed by atoms with van der Waals surface area (Å²) in [4.78, 5) is 14.2. The number of benzene rings is 2. The molecule has 0 aliphatic rings. The zero-order valence-electron chi connectivity index (χ0n) is 12.5. The number of carbonyl (C=O) groups is 1. The van der Waals surface area contributed by atoms with Crippen molar-refractivity contribution < 1.29 is 14.3 Å². The number of hydrogen-bond acceptors (Lipinski definition) is 3. The van der Waals surface area contributed by atoms with Crippen molar-refractivity contribution in [2.45, 2.75) is 6.54 Å². The average Bonchev–Trinajstić information content (AvgIpc) is 2.54. The van der Waals surface area contributed by atoms with Crippen molar-refractivity contribution in [3.63, 3.8) is 0 Å². The molecule has 21 heavy (non-hydrogen) atoms. The number of carbonyl (C=O) groups excluding carboxylic acids is 1. The molecular formula is C17H19NO3. The normalized spacial score (nSPS) is 10.0. The lowest BCUT2D eigenvalue weighted by atomic mass is 10.1. The molecule has 0 fully saturated rings. The predicted octanol–water partition coefficient (Wildman–Crippen LogP) is 2.98. The Morgan fingerprint density at radius 3 is 2.33 bits per heavy atom. The molecule has 4 nitrogen and oxygen atoms in total. The second-order valence-corrected chi connectivity index (χ2v) is 4.69. The minimum atomic E-state index is -0.102. The third-order valence-electron chi connectivity index (χ3n) is 3.24. The summed E-state index contributed by atoms with van der Waals surface area (Å²) in [6.45, 7) is 0.542. The van der Waals surface area contributed by atoms with E-state index < -0.39 is 0 Å². The Labute approximate surface area is 124 Å². The van der Waals surface area contributed by atoms with Crippen LogP contribution < -0.4 is 9.47 Å². The summed E-state index contributed by atoms with van der Waals surface area (Å²) in [7, 11) is 4.86. The molecule has 0 aliphatic heterocycles. The first-order chi connectivity index (χ1) is 10.2. The van der Waals surface area contributed by atoms with Gasteiger partial charge in [-0.25, -0.2) is 0 Å². The number of rotatable bonds is 5. The van der Waals surface area contributed by atoms with E-state index in [1.54, 1.807) is 37.3 Å². The number of hydrogen-bond donors (Lipinski definition) is 0. The van der Waals surface area contributed by atoms with Crippen LogP contribution in [0.3, 0.4) is 0 Å². The summed E-state index contributed by atoms with van der Waals surface area (Å²) < 4.78 is 10.5. The van der Waals surface area contributed by atoms with Crippen LogP contribution in [0.5, 0.6) is 11.5 Å². The van der Waals surface area contributed by atoms with Gasteiger partial charge in [0.15, 0.2) is 11.5 Å². The van der Waals surface area contributed by atoms with Crippen molar-refractivity contribution in [1.29, 1.82) is 0 Å². The number of nitrogens with zero attached hydrogens (tertiary/aromatic N) is 1. The molecule has 0 unspecified atom stereocenters. The fourth-order valence-corrected chi connectivity index (χ4v) is 2.19. The molecule has 0 spiro atoms. The van der Waals surface area contributed by atoms with Crippen molar-refractivity contribution in [3.8, 4) is 11.5 Å². The maximum Gasteiger partial charge on any atom is 0.257 e. The first kappa shape index (κ1) is 14.9. The number of methoxy groups -OCH3 is 2. The molecule has 110 valence electrons. The summed E-state index contributed by atoms with van der Waals surface area (Å²) in [5.74, 6) is 0.913. The van der Waals surface area contributed by atoms with E-state index >= 15 is 0 Å². The Morgan fingerprint density at radius 2 is 1.71 bits per heavy atom. The first-order valence-electron chi connectivity index (χ1n) is 6.67. The Kier molecular flexibility index (Phi) is 4.82. The van der Waals surface area contributed by atoms with Crippen molar-refractivity contribution in [1.82, 2.24) is 4.90 Å². The Balaban J connectivity index is 2.23. The van der Waals surface area contributed by atoms with Crippen LogP contribution in [0.15, 0.2) is 48.5 Å². The van der Waals surface area contributed by atoms with Crippen LogP contribution >= 0.6 is 0 Å². The van der Waals surface area contributed by atoms with Crippen LogP contribution in [-0.2, 0) is 6.54 Å². The van der Waals surface area contributed by atoms with Gasteiger partial charge in [-0.1, -0.05) is 36.4 Å². The lowest BCUT2D eigenvalue weighted by Gasteiger charge is -2.19. The van der Waals surface area contributed by atoms with Crippen LogP contribution in [0.2, 0.25) is 0 Å². The number of amides is 1. The van der Waals surface area contributed by atoms with Gasteiger partial charge >= 0.3 is 0 Å². The lowest BCUT2D eigenvalue weighted by molar-refractivity contribution is 0.0781. The van der Waals surface area contributed by atoms with Crippen molar-refractivity contribution in [2.75, 3.05) is 21.3 Å². The average molecular weight is 285 g/mol. The second kappa shape index (κ2) is 6.79. The van der Waals surface area contributed by atoms with Gasteiger partial charge in [0.25, 0.3) is 5.91 Å². The van der Waals surface area contributed by atoms with Gasteiger partial charge in [0.2, 0.25) is 0 Å². The minimum absolute atomic E-state index is 0.102. The van der Waals surface area contributed by atoms with Gasteiger partial charge in [0, 0.05) is 13.6 Å². The largest absolute Gasteiger partial charge is 0.493 e. The third-order valence-corrected chi connectivity index (χ3v) is 3.24. The van der Waals surface area contributed by atoms with Gasteiger partial charge < -0.3 is 14.4 Å². The zero-order valence-corrected chi connectivity index (χ0v) is 12.5. The maximum atomic E-state index is 12.6. The van der Waals surface area contributed by atoms with Crippen LogP contribution in [-0.4, -0.2) is 32.1 Å². The predicted molar refractivity (Wildman–Crippen MR) is 81.8 cm³/mol. The Morgan fingerprint density at radius 1 is 1.00 bits per heavy atom. The van der Waals surface area contributed by atoms with E-state index in [0.29, 0.717) is 23.6 Å². The molecule has 0 saturated heterocycles. The Bertz CT molecular complexity index is 611. The molecule has 0 radical (unpaired) electrons. The molecule has 1 amide bonds. The van der Waals surface area contributed by atoms with Gasteiger partial charge in [-0.15, -0.1) is 0 Å². The minimum Gasteiger partial charge on any atom is -0.493 e. The van der Waals surface area contributed by atoms with Crippen molar-refractivity contribution in [3.05, 3.63) is 59.7 Å². The molecule has 2 aromatic carbocycles. The maximum absolute atomic E-state index is 12.6. The molecule has 4 heteroatoms. The smallest absolute Gasteiger partial charge is 0.257 e. The summed E-state index contributed by atoms with van der Waals surface area (Å²) in [5, 5.41) is 0. The molecule has 0 saturated carbocycles. The van der Waals surface area contributed by atoms with Crippen molar-refractivity contribution in [2.24, 2.45) is 0 Å². The van der Waals surface area contributed by atoms with Crippen LogP contribution in [0.25, 0.3) is 0 Å². The summed E-state index contributed by atoms with van der Waals surface area (Å²) >= 11 is 0. The molecule has 0 bridgehead atoms. The highest BCUT2D eigenvalue weighted by Gasteiger charge is 2.19. The van der Waals surface area contributed by atoms with E-state index in [2.05, 4.69) is 0 Å². The quantitative estimate of drug-likeness (QED) is 0.847. The van der Waals surface area contributed by atoms with E-state index in [-0.39, 0.29) is 5.91 Å². The first-order valence-corrected chi connectivity index (χ1v) is 6.67. The summed E-state index contributed by atoms with van der Waals surface area (Å²) in [6, 6.07) is 15.2. The Hall–Kier alpha value is -2.49. The highest BCUT2D eigenvalue weighted by atomic mass is 16.5. The molecule has 0 aliphatic carbocycles. The van der Waals surface area contributed by atoms with E-state index in [9.17, 15) is 4.79 Å². The SMILES string of the molecule is COc1cccc(C(=O)N(C)Cc2ccccc2)c1OC. The highest BCUT2D eigenvalue weighted by Crippen LogP contribution is 2.31. The second-order valence-electron chi connectivity index (χ2n) is 4.69. The fraction of sp³-hybridized carbons (Fsp3) is 0.235. The highest BCUT2D eigenvalue weighted by molar-refractivity contribution is 5.97. The fourth-order valence-electron chi connectivity index (χ4n) is 2.19. The van der Waals surface area contributed by atoms with E-state index in [1.165, 1.54) is 7.11 Å². The lowest BCUT2D eigenvalue weighted by Crippen LogP contribution is -2.26.